The second-order valence-electron chi connectivity index (χ2n) is 6.98. The van der Waals surface area contributed by atoms with E-state index < -0.39 is 10.0 Å². The smallest absolute Gasteiger partial charge is 0.229 e. The van der Waals surface area contributed by atoms with Crippen molar-refractivity contribution in [1.29, 1.82) is 0 Å². The van der Waals surface area contributed by atoms with Crippen LogP contribution in [0, 0.1) is 6.92 Å². The van der Waals surface area contributed by atoms with Gasteiger partial charge in [0.15, 0.2) is 0 Å². The number of thiazole rings is 1. The fourth-order valence-corrected chi connectivity index (χ4v) is 4.22. The number of amides is 1. The average Bonchev–Trinajstić information content (AvgIpc) is 3.09. The van der Waals surface area contributed by atoms with Crippen molar-refractivity contribution in [1.82, 2.24) is 10.3 Å². The molecule has 0 saturated heterocycles. The second-order valence-corrected chi connectivity index (χ2v) is 9.58. The lowest BCUT2D eigenvalue weighted by molar-refractivity contribution is -0.121. The van der Waals surface area contributed by atoms with Gasteiger partial charge >= 0.3 is 0 Å². The van der Waals surface area contributed by atoms with Crippen molar-refractivity contribution in [2.45, 2.75) is 26.3 Å². The lowest BCUT2D eigenvalue weighted by Crippen LogP contribution is -2.28. The lowest BCUT2D eigenvalue weighted by atomic mass is 10.1. The van der Waals surface area contributed by atoms with E-state index in [1.54, 1.807) is 18.2 Å². The third kappa shape index (κ3) is 6.13. The summed E-state index contributed by atoms with van der Waals surface area (Å²) >= 11 is 1.52. The van der Waals surface area contributed by atoms with E-state index >= 15 is 0 Å². The largest absolute Gasteiger partial charge is 0.349 e. The highest BCUT2D eigenvalue weighted by atomic mass is 32.2. The van der Waals surface area contributed by atoms with Crippen molar-refractivity contribution < 1.29 is 13.2 Å². The van der Waals surface area contributed by atoms with E-state index in [1.807, 2.05) is 49.6 Å². The number of carbonyl (C=O) groups is 1. The van der Waals surface area contributed by atoms with Crippen molar-refractivity contribution in [2.75, 3.05) is 11.0 Å². The number of hydrogen-bond acceptors (Lipinski definition) is 5. The Morgan fingerprint density at radius 2 is 1.90 bits per heavy atom. The monoisotopic (exact) mass is 429 g/mol. The molecule has 0 aliphatic rings. The minimum Gasteiger partial charge on any atom is -0.349 e. The summed E-state index contributed by atoms with van der Waals surface area (Å²) in [6.07, 6.45) is 1.29. The van der Waals surface area contributed by atoms with Gasteiger partial charge in [0.1, 0.15) is 5.01 Å². The number of rotatable bonds is 7. The molecule has 0 radical (unpaired) electrons. The number of carbonyl (C=O) groups excluding carboxylic acids is 1. The third-order valence-electron chi connectivity index (χ3n) is 4.26. The van der Waals surface area contributed by atoms with E-state index in [2.05, 4.69) is 15.0 Å². The number of nitrogens with one attached hydrogen (secondary N) is 2. The molecular formula is C21H23N3O3S2. The van der Waals surface area contributed by atoms with Crippen LogP contribution in [0.3, 0.4) is 0 Å². The van der Waals surface area contributed by atoms with Crippen molar-refractivity contribution in [3.05, 3.63) is 70.7 Å². The van der Waals surface area contributed by atoms with Gasteiger partial charge in [0.25, 0.3) is 0 Å². The third-order valence-corrected chi connectivity index (χ3v) is 5.81. The summed E-state index contributed by atoms with van der Waals surface area (Å²) in [6.45, 7) is 3.89. The van der Waals surface area contributed by atoms with Crippen LogP contribution in [-0.4, -0.2) is 25.6 Å². The molecule has 0 aliphatic carbocycles. The van der Waals surface area contributed by atoms with Crippen LogP contribution in [0.5, 0.6) is 0 Å². The Labute approximate surface area is 175 Å². The standard InChI is InChI=1S/C21H23N3O3S2/c1-14-7-9-16(10-8-14)21-23-19(13-28-21)12-20(25)22-15(2)17-5-4-6-18(11-17)24-29(3,26)27/h4-11,13,15,24H,12H2,1-3H3,(H,22,25). The molecule has 8 heteroatoms. The SMILES string of the molecule is Cc1ccc(-c2nc(CC(=O)NC(C)c3cccc(NS(C)(=O)=O)c3)cs2)cc1. The van der Waals surface area contributed by atoms with Gasteiger partial charge in [0, 0.05) is 16.6 Å². The zero-order valence-corrected chi connectivity index (χ0v) is 18.1. The predicted molar refractivity (Wildman–Crippen MR) is 117 cm³/mol. The summed E-state index contributed by atoms with van der Waals surface area (Å²) in [6, 6.07) is 14.8. The molecule has 0 fully saturated rings. The first-order valence-electron chi connectivity index (χ1n) is 9.08. The van der Waals surface area contributed by atoms with Gasteiger partial charge in [-0.15, -0.1) is 11.3 Å². The first kappa shape index (κ1) is 21.0. The fourth-order valence-electron chi connectivity index (χ4n) is 2.84. The molecule has 1 amide bonds. The molecule has 1 heterocycles. The summed E-state index contributed by atoms with van der Waals surface area (Å²) in [5, 5.41) is 5.73. The van der Waals surface area contributed by atoms with Gasteiger partial charge in [0.2, 0.25) is 15.9 Å². The van der Waals surface area contributed by atoms with Crippen LogP contribution < -0.4 is 10.0 Å². The van der Waals surface area contributed by atoms with Gasteiger partial charge in [-0.1, -0.05) is 42.0 Å². The number of sulfonamides is 1. The number of aromatic nitrogens is 1. The van der Waals surface area contributed by atoms with Crippen LogP contribution in [0.25, 0.3) is 10.6 Å². The number of benzene rings is 2. The highest BCUT2D eigenvalue weighted by molar-refractivity contribution is 7.92. The molecule has 0 spiro atoms. The molecule has 2 aromatic carbocycles. The number of aryl methyl sites for hydroxylation is 1. The highest BCUT2D eigenvalue weighted by Gasteiger charge is 2.13. The molecule has 1 aromatic heterocycles. The van der Waals surface area contributed by atoms with Crippen molar-refractivity contribution >= 4 is 33.0 Å². The molecule has 6 nitrogen and oxygen atoms in total. The Morgan fingerprint density at radius 3 is 2.59 bits per heavy atom. The van der Waals surface area contributed by atoms with Gasteiger partial charge < -0.3 is 5.32 Å². The van der Waals surface area contributed by atoms with Gasteiger partial charge in [0.05, 0.1) is 24.4 Å². The fraction of sp³-hybridized carbons (Fsp3) is 0.238. The van der Waals surface area contributed by atoms with E-state index in [0.29, 0.717) is 5.69 Å². The normalized spacial score (nSPS) is 12.4. The predicted octanol–water partition coefficient (Wildman–Crippen LogP) is 3.91. The Balaban J connectivity index is 1.62. The van der Waals surface area contributed by atoms with E-state index in [1.165, 1.54) is 16.9 Å². The molecule has 1 unspecified atom stereocenters. The highest BCUT2D eigenvalue weighted by Crippen LogP contribution is 2.24. The maximum absolute atomic E-state index is 12.4. The summed E-state index contributed by atoms with van der Waals surface area (Å²) in [5.74, 6) is -0.139. The van der Waals surface area contributed by atoms with Gasteiger partial charge in [-0.25, -0.2) is 13.4 Å². The van der Waals surface area contributed by atoms with E-state index in [-0.39, 0.29) is 18.4 Å². The van der Waals surface area contributed by atoms with Crippen molar-refractivity contribution in [3.8, 4) is 10.6 Å². The minimum absolute atomic E-state index is 0.139. The number of nitrogens with zero attached hydrogens (tertiary/aromatic N) is 1. The lowest BCUT2D eigenvalue weighted by Gasteiger charge is -2.15. The van der Waals surface area contributed by atoms with E-state index in [4.69, 9.17) is 0 Å². The molecule has 0 saturated carbocycles. The van der Waals surface area contributed by atoms with Crippen molar-refractivity contribution in [2.24, 2.45) is 0 Å². The summed E-state index contributed by atoms with van der Waals surface area (Å²) in [4.78, 5) is 17.0. The van der Waals surface area contributed by atoms with E-state index in [0.717, 1.165) is 28.1 Å². The zero-order valence-electron chi connectivity index (χ0n) is 16.5. The van der Waals surface area contributed by atoms with Crippen LogP contribution >= 0.6 is 11.3 Å². The molecule has 3 rings (SSSR count). The Kier molecular flexibility index (Phi) is 6.34. The topological polar surface area (TPSA) is 88.2 Å². The maximum atomic E-state index is 12.4. The summed E-state index contributed by atoms with van der Waals surface area (Å²) < 4.78 is 25.2. The molecular weight excluding hydrogens is 406 g/mol. The average molecular weight is 430 g/mol. The number of hydrogen-bond donors (Lipinski definition) is 2. The quantitative estimate of drug-likeness (QED) is 0.596. The van der Waals surface area contributed by atoms with Crippen LogP contribution in [0.15, 0.2) is 53.9 Å². The summed E-state index contributed by atoms with van der Waals surface area (Å²) in [5.41, 5.74) is 4.23. The summed E-state index contributed by atoms with van der Waals surface area (Å²) in [7, 11) is -3.35. The molecule has 0 aliphatic heterocycles. The maximum Gasteiger partial charge on any atom is 0.229 e. The van der Waals surface area contributed by atoms with Crippen LogP contribution in [-0.2, 0) is 21.2 Å². The minimum atomic E-state index is -3.35. The van der Waals surface area contributed by atoms with Crippen molar-refractivity contribution in [3.63, 3.8) is 0 Å². The second kappa shape index (κ2) is 8.75. The van der Waals surface area contributed by atoms with E-state index in [9.17, 15) is 13.2 Å². The zero-order chi connectivity index (χ0) is 21.0. The Morgan fingerprint density at radius 1 is 1.17 bits per heavy atom. The van der Waals surface area contributed by atoms with Crippen LogP contribution in [0.4, 0.5) is 5.69 Å². The van der Waals surface area contributed by atoms with Crippen LogP contribution in [0.2, 0.25) is 0 Å². The van der Waals surface area contributed by atoms with Crippen LogP contribution in [0.1, 0.15) is 29.8 Å². The number of anilines is 1. The Hall–Kier alpha value is -2.71. The molecule has 0 bridgehead atoms. The molecule has 1 atom stereocenters. The van der Waals surface area contributed by atoms with Gasteiger partial charge in [-0.3, -0.25) is 9.52 Å². The molecule has 3 aromatic rings. The first-order chi connectivity index (χ1) is 13.7. The van der Waals surface area contributed by atoms with Gasteiger partial charge in [-0.05, 0) is 31.5 Å². The first-order valence-corrected chi connectivity index (χ1v) is 11.9. The molecule has 152 valence electrons. The molecule has 2 N–H and O–H groups in total. The Bertz CT molecular complexity index is 1110. The van der Waals surface area contributed by atoms with Gasteiger partial charge in [-0.2, -0.15) is 0 Å². The molecule has 29 heavy (non-hydrogen) atoms.